The molecule has 0 saturated carbocycles. The quantitative estimate of drug-likeness (QED) is 0.247. The van der Waals surface area contributed by atoms with E-state index in [0.717, 1.165) is 0 Å². The third kappa shape index (κ3) is 4.80. The molecule has 1 aliphatic heterocycles. The third-order valence-corrected chi connectivity index (χ3v) is 6.45. The molecule has 4 aromatic rings. The van der Waals surface area contributed by atoms with Crippen LogP contribution in [-0.2, 0) is 4.74 Å². The molecule has 2 aromatic heterocycles. The van der Waals surface area contributed by atoms with Gasteiger partial charge < -0.3 is 20.3 Å². The van der Waals surface area contributed by atoms with Gasteiger partial charge in [-0.25, -0.2) is 4.68 Å². The number of hydrogen-bond acceptors (Lipinski definition) is 8. The van der Waals surface area contributed by atoms with Crippen molar-refractivity contribution in [1.82, 2.24) is 19.7 Å². The van der Waals surface area contributed by atoms with Crippen molar-refractivity contribution < 1.29 is 24.5 Å². The Hall–Kier alpha value is -3.46. The number of hydrogen-bond donors (Lipinski definition) is 4. The standard InChI is InChI=1S/C24H21IN6O5/c25-19-18-20(26-22(34)13-7-3-1-4-8-13)27-24(29-23(35)14-9-5-2-6-10-14)28-21(18)31(30-19)17-11-15(33)16(12-32)36-17/h1-10,15-17,32-33H,11-12H2,(H2,26,27,28,29,34,35)/t15-,16+,17-/m0/s1. The van der Waals surface area contributed by atoms with Gasteiger partial charge in [-0.15, -0.1) is 0 Å². The average Bonchev–Trinajstić information content (AvgIpc) is 3.44. The summed E-state index contributed by atoms with van der Waals surface area (Å²) in [5.74, 6) is -0.712. The van der Waals surface area contributed by atoms with E-state index in [1.54, 1.807) is 60.7 Å². The van der Waals surface area contributed by atoms with Crippen molar-refractivity contribution in [2.75, 3.05) is 17.2 Å². The van der Waals surface area contributed by atoms with Crippen molar-refractivity contribution in [1.29, 1.82) is 0 Å². The van der Waals surface area contributed by atoms with Crippen LogP contribution in [0.3, 0.4) is 0 Å². The summed E-state index contributed by atoms with van der Waals surface area (Å²) in [6.45, 7) is -0.348. The van der Waals surface area contributed by atoms with Crippen molar-refractivity contribution >= 4 is 57.2 Å². The predicted molar refractivity (Wildman–Crippen MR) is 138 cm³/mol. The van der Waals surface area contributed by atoms with E-state index in [1.807, 2.05) is 22.6 Å². The number of benzene rings is 2. The van der Waals surface area contributed by atoms with Crippen LogP contribution in [0, 0.1) is 3.70 Å². The van der Waals surface area contributed by atoms with E-state index >= 15 is 0 Å². The number of ether oxygens (including phenoxy) is 1. The molecular weight excluding hydrogens is 579 g/mol. The van der Waals surface area contributed by atoms with Crippen molar-refractivity contribution in [3.63, 3.8) is 0 Å². The van der Waals surface area contributed by atoms with E-state index in [-0.39, 0.29) is 30.4 Å². The fraction of sp³-hybridized carbons (Fsp3) is 0.208. The zero-order valence-electron chi connectivity index (χ0n) is 18.7. The number of aliphatic hydroxyl groups is 2. The second kappa shape index (κ2) is 10.3. The number of halogens is 1. The van der Waals surface area contributed by atoms with Crippen molar-refractivity contribution in [3.8, 4) is 0 Å². The largest absolute Gasteiger partial charge is 0.394 e. The average molecular weight is 600 g/mol. The van der Waals surface area contributed by atoms with Gasteiger partial charge in [-0.2, -0.15) is 15.1 Å². The maximum absolute atomic E-state index is 12.9. The maximum atomic E-state index is 12.9. The molecule has 2 amide bonds. The van der Waals surface area contributed by atoms with E-state index in [0.29, 0.717) is 20.2 Å². The van der Waals surface area contributed by atoms with Gasteiger partial charge in [0.15, 0.2) is 17.7 Å². The number of fused-ring (bicyclic) bond motifs is 1. The minimum absolute atomic E-state index is 0.0467. The highest BCUT2D eigenvalue weighted by molar-refractivity contribution is 14.1. The van der Waals surface area contributed by atoms with Crippen LogP contribution in [-0.4, -0.2) is 60.6 Å². The molecule has 11 nitrogen and oxygen atoms in total. The van der Waals surface area contributed by atoms with Crippen LogP contribution in [0.15, 0.2) is 60.7 Å². The van der Waals surface area contributed by atoms with Gasteiger partial charge in [0.1, 0.15) is 9.80 Å². The molecule has 0 aliphatic carbocycles. The number of aromatic nitrogens is 4. The highest BCUT2D eigenvalue weighted by Crippen LogP contribution is 2.34. The number of amides is 2. The van der Waals surface area contributed by atoms with E-state index in [4.69, 9.17) is 4.74 Å². The summed E-state index contributed by atoms with van der Waals surface area (Å²) < 4.78 is 7.72. The number of anilines is 2. The lowest BCUT2D eigenvalue weighted by molar-refractivity contribution is -0.0471. The van der Waals surface area contributed by atoms with Gasteiger partial charge in [-0.05, 0) is 46.9 Å². The van der Waals surface area contributed by atoms with Crippen LogP contribution in [0.2, 0.25) is 0 Å². The smallest absolute Gasteiger partial charge is 0.258 e. The van der Waals surface area contributed by atoms with E-state index < -0.39 is 30.3 Å². The molecule has 184 valence electrons. The SMILES string of the molecule is O=C(Nc1nc(NC(=O)c2ccccc2)c2c(I)nn([C@@H]3C[C@H](O)[C@@H](CO)O3)c2n1)c1ccccc1. The lowest BCUT2D eigenvalue weighted by Gasteiger charge is -2.14. The zero-order valence-corrected chi connectivity index (χ0v) is 20.9. The Morgan fingerprint density at radius 1 is 1.00 bits per heavy atom. The molecule has 3 atom stereocenters. The third-order valence-electron chi connectivity index (χ3n) is 5.69. The molecule has 12 heteroatoms. The van der Waals surface area contributed by atoms with Crippen molar-refractivity contribution in [2.45, 2.75) is 24.9 Å². The first-order valence-corrected chi connectivity index (χ1v) is 12.2. The number of carbonyl (C=O) groups is 2. The lowest BCUT2D eigenvalue weighted by atomic mass is 10.2. The van der Waals surface area contributed by atoms with Crippen LogP contribution < -0.4 is 10.6 Å². The molecule has 0 unspecified atom stereocenters. The van der Waals surface area contributed by atoms with Crippen LogP contribution in [0.5, 0.6) is 0 Å². The minimum Gasteiger partial charge on any atom is -0.394 e. The molecule has 5 rings (SSSR count). The van der Waals surface area contributed by atoms with Gasteiger partial charge in [-0.1, -0.05) is 36.4 Å². The first kappa shape index (κ1) is 24.2. The van der Waals surface area contributed by atoms with E-state index in [1.165, 1.54) is 4.68 Å². The topological polar surface area (TPSA) is 151 Å². The van der Waals surface area contributed by atoms with E-state index in [2.05, 4.69) is 25.7 Å². The molecule has 4 N–H and O–H groups in total. The van der Waals surface area contributed by atoms with Crippen LogP contribution >= 0.6 is 22.6 Å². The van der Waals surface area contributed by atoms with Gasteiger partial charge in [0.05, 0.1) is 18.1 Å². The molecule has 2 aromatic carbocycles. The molecule has 0 bridgehead atoms. The summed E-state index contributed by atoms with van der Waals surface area (Å²) >= 11 is 2.00. The number of carbonyl (C=O) groups excluding carboxylic acids is 2. The Morgan fingerprint density at radius 2 is 1.61 bits per heavy atom. The Kier molecular flexibility index (Phi) is 6.91. The molecule has 0 spiro atoms. The van der Waals surface area contributed by atoms with Crippen molar-refractivity contribution in [3.05, 3.63) is 75.5 Å². The molecule has 0 radical (unpaired) electrons. The van der Waals surface area contributed by atoms with Gasteiger partial charge in [0.2, 0.25) is 5.95 Å². The predicted octanol–water partition coefficient (Wildman–Crippen LogP) is 2.58. The van der Waals surface area contributed by atoms with E-state index in [9.17, 15) is 19.8 Å². The molecular formula is C24H21IN6O5. The summed E-state index contributed by atoms with van der Waals surface area (Å²) in [5, 5.41) is 30.1. The summed E-state index contributed by atoms with van der Waals surface area (Å²) in [6, 6.07) is 17.2. The maximum Gasteiger partial charge on any atom is 0.258 e. The number of nitrogens with one attached hydrogen (secondary N) is 2. The second-order valence-corrected chi connectivity index (χ2v) is 9.11. The Morgan fingerprint density at radius 3 is 2.19 bits per heavy atom. The minimum atomic E-state index is -0.881. The second-order valence-electron chi connectivity index (χ2n) is 8.08. The van der Waals surface area contributed by atoms with Crippen LogP contribution in [0.25, 0.3) is 11.0 Å². The fourth-order valence-electron chi connectivity index (χ4n) is 3.90. The molecule has 3 heterocycles. The summed E-state index contributed by atoms with van der Waals surface area (Å²) in [5.41, 5.74) is 1.12. The van der Waals surface area contributed by atoms with Crippen molar-refractivity contribution in [2.24, 2.45) is 0 Å². The fourth-order valence-corrected chi connectivity index (χ4v) is 4.63. The first-order valence-electron chi connectivity index (χ1n) is 11.1. The summed E-state index contributed by atoms with van der Waals surface area (Å²) in [7, 11) is 0. The monoisotopic (exact) mass is 600 g/mol. The Labute approximate surface area is 218 Å². The van der Waals surface area contributed by atoms with Gasteiger partial charge >= 0.3 is 0 Å². The molecule has 1 fully saturated rings. The molecule has 1 aliphatic rings. The Bertz CT molecular complexity index is 1420. The zero-order chi connectivity index (χ0) is 25.2. The number of aliphatic hydroxyl groups excluding tert-OH is 2. The van der Waals surface area contributed by atoms with Gasteiger partial charge in [0.25, 0.3) is 11.8 Å². The summed E-state index contributed by atoms with van der Waals surface area (Å²) in [4.78, 5) is 34.6. The number of nitrogens with zero attached hydrogens (tertiary/aromatic N) is 4. The van der Waals surface area contributed by atoms with Crippen LogP contribution in [0.1, 0.15) is 33.4 Å². The highest BCUT2D eigenvalue weighted by Gasteiger charge is 2.36. The lowest BCUT2D eigenvalue weighted by Crippen LogP contribution is -2.24. The van der Waals surface area contributed by atoms with Gasteiger partial charge in [0, 0.05) is 17.5 Å². The van der Waals surface area contributed by atoms with Crippen LogP contribution in [0.4, 0.5) is 11.8 Å². The summed E-state index contributed by atoms with van der Waals surface area (Å²) in [6.07, 6.45) is -2.18. The number of rotatable bonds is 6. The Balaban J connectivity index is 1.57. The highest BCUT2D eigenvalue weighted by atomic mass is 127. The normalized spacial score (nSPS) is 19.4. The molecule has 1 saturated heterocycles. The first-order chi connectivity index (χ1) is 17.4. The molecule has 36 heavy (non-hydrogen) atoms. The van der Waals surface area contributed by atoms with Gasteiger partial charge in [-0.3, -0.25) is 14.9 Å².